The van der Waals surface area contributed by atoms with Crippen LogP contribution in [0.4, 0.5) is 5.69 Å². The van der Waals surface area contributed by atoms with Crippen LogP contribution in [0.5, 0.6) is 0 Å². The SMILES string of the molecule is O=c1[nH]c2c3c(ccc2n(-c2cccc(NS(=O)(=O)c4cccc5ccccc45)c2)c1=O)CCCC3. The van der Waals surface area contributed by atoms with Crippen LogP contribution in [0.2, 0.25) is 0 Å². The molecule has 6 rings (SSSR count). The lowest BCUT2D eigenvalue weighted by Crippen LogP contribution is -2.36. The number of sulfonamides is 1. The molecule has 1 aliphatic rings. The Balaban J connectivity index is 1.47. The van der Waals surface area contributed by atoms with Crippen molar-refractivity contribution in [1.29, 1.82) is 0 Å². The summed E-state index contributed by atoms with van der Waals surface area (Å²) in [6, 6.07) is 22.8. The Kier molecular flexibility index (Phi) is 5.26. The first-order chi connectivity index (χ1) is 17.4. The van der Waals surface area contributed by atoms with Gasteiger partial charge in [0.2, 0.25) is 0 Å². The van der Waals surface area contributed by atoms with Gasteiger partial charge in [-0.3, -0.25) is 18.9 Å². The summed E-state index contributed by atoms with van der Waals surface area (Å²) in [5, 5.41) is 1.43. The number of H-pyrrole nitrogens is 1. The van der Waals surface area contributed by atoms with E-state index < -0.39 is 21.1 Å². The predicted octanol–water partition coefficient (Wildman–Crippen LogP) is 4.51. The van der Waals surface area contributed by atoms with Crippen LogP contribution in [-0.4, -0.2) is 18.0 Å². The Morgan fingerprint density at radius 1 is 0.833 bits per heavy atom. The highest BCUT2D eigenvalue weighted by Crippen LogP contribution is 2.29. The van der Waals surface area contributed by atoms with Crippen molar-refractivity contribution in [2.45, 2.75) is 30.6 Å². The molecular weight excluding hydrogens is 474 g/mol. The number of rotatable bonds is 4. The molecule has 0 bridgehead atoms. The van der Waals surface area contributed by atoms with E-state index in [1.165, 1.54) is 10.1 Å². The third kappa shape index (κ3) is 3.70. The van der Waals surface area contributed by atoms with Crippen molar-refractivity contribution in [3.05, 3.63) is 111 Å². The molecule has 0 radical (unpaired) electrons. The first kappa shape index (κ1) is 22.3. The minimum Gasteiger partial charge on any atom is -0.316 e. The van der Waals surface area contributed by atoms with Crippen LogP contribution in [0.25, 0.3) is 27.5 Å². The van der Waals surface area contributed by atoms with Crippen molar-refractivity contribution < 1.29 is 8.42 Å². The molecule has 1 aromatic heterocycles. The number of nitrogens with zero attached hydrogens (tertiary/aromatic N) is 1. The fraction of sp³-hybridized carbons (Fsp3) is 0.143. The molecule has 7 nitrogen and oxygen atoms in total. The van der Waals surface area contributed by atoms with E-state index in [0.717, 1.165) is 36.6 Å². The van der Waals surface area contributed by atoms with E-state index in [-0.39, 0.29) is 4.90 Å². The molecule has 0 saturated carbocycles. The Morgan fingerprint density at radius 2 is 1.61 bits per heavy atom. The smallest absolute Gasteiger partial charge is 0.316 e. The van der Waals surface area contributed by atoms with Gasteiger partial charge < -0.3 is 4.98 Å². The second-order valence-corrected chi connectivity index (χ2v) is 10.7. The van der Waals surface area contributed by atoms with Gasteiger partial charge in [-0.15, -0.1) is 0 Å². The highest BCUT2D eigenvalue weighted by molar-refractivity contribution is 7.93. The average molecular weight is 498 g/mol. The number of benzene rings is 4. The first-order valence-corrected chi connectivity index (χ1v) is 13.3. The van der Waals surface area contributed by atoms with Crippen LogP contribution < -0.4 is 15.8 Å². The van der Waals surface area contributed by atoms with E-state index >= 15 is 0 Å². The van der Waals surface area contributed by atoms with Crippen LogP contribution in [0.1, 0.15) is 24.0 Å². The molecule has 0 aliphatic heterocycles. The number of fused-ring (bicyclic) bond motifs is 4. The number of hydrogen-bond donors (Lipinski definition) is 2. The topological polar surface area (TPSA) is 101 Å². The van der Waals surface area contributed by atoms with Gasteiger partial charge in [0.15, 0.2) is 0 Å². The van der Waals surface area contributed by atoms with Gasteiger partial charge in [-0.25, -0.2) is 8.42 Å². The minimum absolute atomic E-state index is 0.163. The molecule has 0 amide bonds. The lowest BCUT2D eigenvalue weighted by atomic mass is 9.90. The molecule has 1 aliphatic carbocycles. The van der Waals surface area contributed by atoms with Crippen LogP contribution in [0, 0.1) is 0 Å². The van der Waals surface area contributed by atoms with E-state index in [9.17, 15) is 18.0 Å². The molecule has 2 N–H and O–H groups in total. The zero-order valence-corrected chi connectivity index (χ0v) is 20.1. The van der Waals surface area contributed by atoms with Crippen LogP contribution in [-0.2, 0) is 22.9 Å². The largest absolute Gasteiger partial charge is 0.321 e. The van der Waals surface area contributed by atoms with E-state index in [1.54, 1.807) is 48.5 Å². The summed E-state index contributed by atoms with van der Waals surface area (Å²) < 4.78 is 30.6. The fourth-order valence-electron chi connectivity index (χ4n) is 5.12. The molecule has 0 spiro atoms. The summed E-state index contributed by atoms with van der Waals surface area (Å²) in [7, 11) is -3.92. The molecular formula is C28H23N3O4S. The number of aromatic amines is 1. The summed E-state index contributed by atoms with van der Waals surface area (Å²) >= 11 is 0. The van der Waals surface area contributed by atoms with Gasteiger partial charge >= 0.3 is 11.1 Å². The molecule has 36 heavy (non-hydrogen) atoms. The third-order valence-corrected chi connectivity index (χ3v) is 8.22. The molecule has 180 valence electrons. The Labute approximate surface area is 207 Å². The second kappa shape index (κ2) is 8.49. The zero-order valence-electron chi connectivity index (χ0n) is 19.3. The number of aryl methyl sites for hydroxylation is 2. The lowest BCUT2D eigenvalue weighted by molar-refractivity contribution is 0.602. The standard InChI is InChI=1S/C28H23N3O4S/c32-27-28(33)31(24-16-15-19-8-2-4-13-23(19)26(24)29-27)21-11-6-10-20(17-21)30-36(34,35)25-14-5-9-18-7-1-3-12-22(18)25/h1,3,5-7,9-12,14-17,30H,2,4,8,13H2,(H,29,32). The van der Waals surface area contributed by atoms with E-state index in [1.807, 2.05) is 30.3 Å². The summed E-state index contributed by atoms with van der Waals surface area (Å²) in [5.74, 6) is 0. The molecule has 0 saturated heterocycles. The highest BCUT2D eigenvalue weighted by Gasteiger charge is 2.20. The second-order valence-electron chi connectivity index (χ2n) is 9.03. The maximum absolute atomic E-state index is 13.3. The molecule has 0 fully saturated rings. The summed E-state index contributed by atoms with van der Waals surface area (Å²) in [6.45, 7) is 0. The van der Waals surface area contributed by atoms with Crippen molar-refractivity contribution in [3.63, 3.8) is 0 Å². The van der Waals surface area contributed by atoms with Crippen molar-refractivity contribution in [2.24, 2.45) is 0 Å². The van der Waals surface area contributed by atoms with Crippen molar-refractivity contribution in [2.75, 3.05) is 4.72 Å². The molecule has 0 atom stereocenters. The van der Waals surface area contributed by atoms with E-state index in [2.05, 4.69) is 9.71 Å². The van der Waals surface area contributed by atoms with Crippen molar-refractivity contribution in [1.82, 2.24) is 9.55 Å². The molecule has 8 heteroatoms. The van der Waals surface area contributed by atoms with Gasteiger partial charge in [0.1, 0.15) is 0 Å². The lowest BCUT2D eigenvalue weighted by Gasteiger charge is -2.19. The van der Waals surface area contributed by atoms with Gasteiger partial charge in [-0.05, 0) is 72.5 Å². The van der Waals surface area contributed by atoms with E-state index in [0.29, 0.717) is 27.8 Å². The van der Waals surface area contributed by atoms with Gasteiger partial charge in [0, 0.05) is 5.39 Å². The first-order valence-electron chi connectivity index (χ1n) is 11.8. The van der Waals surface area contributed by atoms with E-state index in [4.69, 9.17) is 0 Å². The third-order valence-electron chi connectivity index (χ3n) is 6.78. The van der Waals surface area contributed by atoms with Crippen LogP contribution >= 0.6 is 0 Å². The van der Waals surface area contributed by atoms with Crippen molar-refractivity contribution >= 4 is 37.5 Å². The quantitative estimate of drug-likeness (QED) is 0.357. The average Bonchev–Trinajstić information content (AvgIpc) is 2.89. The normalized spacial score (nSPS) is 13.6. The summed E-state index contributed by atoms with van der Waals surface area (Å²) in [4.78, 5) is 28.6. The number of hydrogen-bond acceptors (Lipinski definition) is 4. The van der Waals surface area contributed by atoms with Gasteiger partial charge in [-0.2, -0.15) is 0 Å². The fourth-order valence-corrected chi connectivity index (χ4v) is 6.40. The monoisotopic (exact) mass is 497 g/mol. The van der Waals surface area contributed by atoms with Gasteiger partial charge in [0.25, 0.3) is 10.0 Å². The molecule has 5 aromatic rings. The van der Waals surface area contributed by atoms with Gasteiger partial charge in [0.05, 0.1) is 27.3 Å². The minimum atomic E-state index is -3.92. The summed E-state index contributed by atoms with van der Waals surface area (Å²) in [6.07, 6.45) is 3.91. The number of nitrogens with one attached hydrogen (secondary N) is 2. The molecule has 4 aromatic carbocycles. The number of aromatic nitrogens is 2. The maximum Gasteiger partial charge on any atom is 0.321 e. The number of anilines is 1. The molecule has 0 unspecified atom stereocenters. The highest BCUT2D eigenvalue weighted by atomic mass is 32.2. The predicted molar refractivity (Wildman–Crippen MR) is 142 cm³/mol. The van der Waals surface area contributed by atoms with Crippen LogP contribution in [0.3, 0.4) is 0 Å². The Morgan fingerprint density at radius 3 is 2.50 bits per heavy atom. The summed E-state index contributed by atoms with van der Waals surface area (Å²) in [5.41, 5.74) is 2.79. The molecule has 1 heterocycles. The zero-order chi connectivity index (χ0) is 24.9. The Bertz CT molecular complexity index is 1880. The van der Waals surface area contributed by atoms with Crippen LogP contribution in [0.15, 0.2) is 93.3 Å². The van der Waals surface area contributed by atoms with Crippen molar-refractivity contribution in [3.8, 4) is 5.69 Å². The van der Waals surface area contributed by atoms with Gasteiger partial charge in [-0.1, -0.05) is 48.5 Å². The Hall–Kier alpha value is -4.17. The maximum atomic E-state index is 13.3.